The fourth-order valence-corrected chi connectivity index (χ4v) is 1.66. The third-order valence-electron chi connectivity index (χ3n) is 2.41. The first-order valence-corrected chi connectivity index (χ1v) is 5.05. The average molecular weight is 203 g/mol. The van der Waals surface area contributed by atoms with E-state index in [4.69, 9.17) is 0 Å². The van der Waals surface area contributed by atoms with Crippen LogP contribution < -0.4 is 0 Å². The molecule has 0 fully saturated rings. The number of ketones is 1. The van der Waals surface area contributed by atoms with Crippen molar-refractivity contribution < 1.29 is 9.90 Å². The fourth-order valence-electron chi connectivity index (χ4n) is 1.66. The summed E-state index contributed by atoms with van der Waals surface area (Å²) < 4.78 is 0. The van der Waals surface area contributed by atoms with E-state index in [2.05, 4.69) is 4.98 Å². The second-order valence-electron chi connectivity index (χ2n) is 3.63. The molecule has 0 unspecified atom stereocenters. The summed E-state index contributed by atoms with van der Waals surface area (Å²) in [5.74, 6) is 0.276. The Morgan fingerprint density at radius 3 is 2.93 bits per heavy atom. The molecule has 3 nitrogen and oxygen atoms in total. The zero-order valence-corrected chi connectivity index (χ0v) is 8.58. The highest BCUT2D eigenvalue weighted by molar-refractivity contribution is 5.99. The average Bonchev–Trinajstić information content (AvgIpc) is 2.57. The molecule has 1 aromatic heterocycles. The smallest absolute Gasteiger partial charge is 0.189 e. The van der Waals surface area contributed by atoms with Gasteiger partial charge in [0.1, 0.15) is 0 Å². The summed E-state index contributed by atoms with van der Waals surface area (Å²) in [7, 11) is 0. The molecule has 0 bridgehead atoms. The molecule has 2 rings (SSSR count). The Labute approximate surface area is 87.7 Å². The number of H-pyrrole nitrogens is 1. The first-order chi connectivity index (χ1) is 7.20. The Hall–Kier alpha value is -1.77. The van der Waals surface area contributed by atoms with Crippen LogP contribution in [0.1, 0.15) is 30.1 Å². The van der Waals surface area contributed by atoms with Gasteiger partial charge in [-0.3, -0.25) is 4.79 Å². The number of carbonyl (C=O) groups excluding carboxylic acids is 1. The summed E-state index contributed by atoms with van der Waals surface area (Å²) in [6.45, 7) is 1.98. The van der Waals surface area contributed by atoms with Crippen LogP contribution in [0, 0.1) is 0 Å². The van der Waals surface area contributed by atoms with Crippen LogP contribution in [0.25, 0.3) is 10.9 Å². The standard InChI is InChI=1S/C12H13NO2/c1-2-3-11(14)9-5-4-8-7-12(15)13-10(8)6-9/h4-7,13,15H,2-3H2,1H3. The summed E-state index contributed by atoms with van der Waals surface area (Å²) in [4.78, 5) is 14.4. The van der Waals surface area contributed by atoms with Crippen LogP contribution in [0.5, 0.6) is 5.88 Å². The van der Waals surface area contributed by atoms with Gasteiger partial charge < -0.3 is 10.1 Å². The minimum atomic E-state index is 0.130. The monoisotopic (exact) mass is 203 g/mol. The number of aromatic nitrogens is 1. The van der Waals surface area contributed by atoms with E-state index >= 15 is 0 Å². The van der Waals surface area contributed by atoms with Crippen molar-refractivity contribution in [3.05, 3.63) is 29.8 Å². The second-order valence-corrected chi connectivity index (χ2v) is 3.63. The van der Waals surface area contributed by atoms with E-state index in [0.717, 1.165) is 17.3 Å². The summed E-state index contributed by atoms with van der Waals surface area (Å²) >= 11 is 0. The van der Waals surface area contributed by atoms with Crippen molar-refractivity contribution in [1.82, 2.24) is 4.98 Å². The van der Waals surface area contributed by atoms with Crippen LogP contribution in [-0.4, -0.2) is 15.9 Å². The van der Waals surface area contributed by atoms with Crippen LogP contribution in [0.15, 0.2) is 24.3 Å². The summed E-state index contributed by atoms with van der Waals surface area (Å²) in [6, 6.07) is 7.07. The Morgan fingerprint density at radius 1 is 1.40 bits per heavy atom. The molecule has 0 aliphatic rings. The van der Waals surface area contributed by atoms with Crippen molar-refractivity contribution in [2.45, 2.75) is 19.8 Å². The van der Waals surface area contributed by atoms with Crippen molar-refractivity contribution in [2.24, 2.45) is 0 Å². The van der Waals surface area contributed by atoms with Gasteiger partial charge in [0.05, 0.1) is 0 Å². The number of nitrogens with one attached hydrogen (secondary N) is 1. The number of hydrogen-bond acceptors (Lipinski definition) is 2. The highest BCUT2D eigenvalue weighted by Gasteiger charge is 2.06. The van der Waals surface area contributed by atoms with E-state index in [1.165, 1.54) is 0 Å². The molecular formula is C12H13NO2. The third kappa shape index (κ3) is 1.86. The number of aromatic amines is 1. The number of hydrogen-bond donors (Lipinski definition) is 2. The van der Waals surface area contributed by atoms with Gasteiger partial charge in [-0.1, -0.05) is 19.1 Å². The number of carbonyl (C=O) groups is 1. The van der Waals surface area contributed by atoms with Gasteiger partial charge in [-0.05, 0) is 12.5 Å². The fraction of sp³-hybridized carbons (Fsp3) is 0.250. The predicted octanol–water partition coefficient (Wildman–Crippen LogP) is 2.86. The van der Waals surface area contributed by atoms with Gasteiger partial charge >= 0.3 is 0 Å². The molecule has 15 heavy (non-hydrogen) atoms. The van der Waals surface area contributed by atoms with Crippen LogP contribution in [0.3, 0.4) is 0 Å². The van der Waals surface area contributed by atoms with E-state index in [-0.39, 0.29) is 11.7 Å². The maximum absolute atomic E-state index is 11.6. The Balaban J connectivity index is 2.41. The number of aromatic hydroxyl groups is 1. The Kier molecular flexibility index (Phi) is 2.46. The first-order valence-electron chi connectivity index (χ1n) is 5.05. The van der Waals surface area contributed by atoms with E-state index in [9.17, 15) is 9.90 Å². The van der Waals surface area contributed by atoms with Crippen molar-refractivity contribution in [3.8, 4) is 5.88 Å². The SMILES string of the molecule is CCCC(=O)c1ccc2cc(O)[nH]c2c1. The third-order valence-corrected chi connectivity index (χ3v) is 2.41. The van der Waals surface area contributed by atoms with Crippen molar-refractivity contribution >= 4 is 16.7 Å². The molecule has 0 aliphatic heterocycles. The topological polar surface area (TPSA) is 53.1 Å². The van der Waals surface area contributed by atoms with E-state index in [0.29, 0.717) is 12.0 Å². The zero-order valence-electron chi connectivity index (χ0n) is 8.58. The summed E-state index contributed by atoms with van der Waals surface area (Å²) in [5.41, 5.74) is 1.50. The number of benzene rings is 1. The van der Waals surface area contributed by atoms with Crippen LogP contribution in [-0.2, 0) is 0 Å². The normalized spacial score (nSPS) is 10.7. The van der Waals surface area contributed by atoms with Crippen molar-refractivity contribution in [1.29, 1.82) is 0 Å². The van der Waals surface area contributed by atoms with Gasteiger partial charge in [-0.25, -0.2) is 0 Å². The lowest BCUT2D eigenvalue weighted by molar-refractivity contribution is 0.0982. The molecule has 0 aliphatic carbocycles. The maximum Gasteiger partial charge on any atom is 0.189 e. The lowest BCUT2D eigenvalue weighted by atomic mass is 10.1. The molecule has 2 N–H and O–H groups in total. The van der Waals surface area contributed by atoms with Gasteiger partial charge in [0, 0.05) is 29.0 Å². The van der Waals surface area contributed by atoms with Gasteiger partial charge in [-0.15, -0.1) is 0 Å². The molecule has 78 valence electrons. The lowest BCUT2D eigenvalue weighted by Gasteiger charge is -1.98. The van der Waals surface area contributed by atoms with E-state index in [1.807, 2.05) is 13.0 Å². The van der Waals surface area contributed by atoms with Crippen LogP contribution in [0.4, 0.5) is 0 Å². The largest absolute Gasteiger partial charge is 0.495 e. The molecule has 0 radical (unpaired) electrons. The molecule has 0 amide bonds. The van der Waals surface area contributed by atoms with Crippen LogP contribution >= 0.6 is 0 Å². The molecule has 1 aromatic carbocycles. The van der Waals surface area contributed by atoms with Gasteiger partial charge in [0.25, 0.3) is 0 Å². The molecule has 1 heterocycles. The zero-order chi connectivity index (χ0) is 10.8. The van der Waals surface area contributed by atoms with Crippen LogP contribution in [0.2, 0.25) is 0 Å². The first kappa shape index (κ1) is 9.77. The molecule has 0 saturated carbocycles. The Bertz CT molecular complexity index is 499. The van der Waals surface area contributed by atoms with Crippen molar-refractivity contribution in [3.63, 3.8) is 0 Å². The molecule has 2 aromatic rings. The Morgan fingerprint density at radius 2 is 2.20 bits per heavy atom. The summed E-state index contributed by atoms with van der Waals surface area (Å²) in [5, 5.41) is 10.2. The highest BCUT2D eigenvalue weighted by Crippen LogP contribution is 2.21. The highest BCUT2D eigenvalue weighted by atomic mass is 16.3. The molecular weight excluding hydrogens is 190 g/mol. The molecule has 3 heteroatoms. The predicted molar refractivity (Wildman–Crippen MR) is 59.2 cm³/mol. The minimum absolute atomic E-state index is 0.130. The van der Waals surface area contributed by atoms with Gasteiger partial charge in [0.15, 0.2) is 11.7 Å². The van der Waals surface area contributed by atoms with Crippen molar-refractivity contribution in [2.75, 3.05) is 0 Å². The van der Waals surface area contributed by atoms with Gasteiger partial charge in [0.2, 0.25) is 0 Å². The van der Waals surface area contributed by atoms with E-state index in [1.54, 1.807) is 18.2 Å². The maximum atomic E-state index is 11.6. The summed E-state index contributed by atoms with van der Waals surface area (Å²) in [6.07, 6.45) is 1.42. The molecule has 0 saturated heterocycles. The van der Waals surface area contributed by atoms with Gasteiger partial charge in [-0.2, -0.15) is 0 Å². The number of Topliss-reactive ketones (excluding diaryl/α,β-unsaturated/α-hetero) is 1. The quantitative estimate of drug-likeness (QED) is 0.753. The second kappa shape index (κ2) is 3.77. The number of fused-ring (bicyclic) bond motifs is 1. The van der Waals surface area contributed by atoms with E-state index < -0.39 is 0 Å². The lowest BCUT2D eigenvalue weighted by Crippen LogP contribution is -1.97. The molecule has 0 atom stereocenters. The minimum Gasteiger partial charge on any atom is -0.495 e. The molecule has 0 spiro atoms. The number of rotatable bonds is 3.